The van der Waals surface area contributed by atoms with Crippen LogP contribution in [0.25, 0.3) is 11.0 Å². The molecular weight excluding hydrogens is 174 g/mol. The summed E-state index contributed by atoms with van der Waals surface area (Å²) in [5.41, 5.74) is 2.05. The molecule has 1 aromatic heterocycles. The summed E-state index contributed by atoms with van der Waals surface area (Å²) in [6.45, 7) is 1.25. The second-order valence-electron chi connectivity index (χ2n) is 3.01. The second-order valence-corrected chi connectivity index (χ2v) is 3.01. The summed E-state index contributed by atoms with van der Waals surface area (Å²) >= 11 is 0. The Morgan fingerprint density at radius 1 is 1.43 bits per heavy atom. The third-order valence-corrected chi connectivity index (χ3v) is 1.96. The fourth-order valence-corrected chi connectivity index (χ4v) is 1.34. The van der Waals surface area contributed by atoms with Crippen molar-refractivity contribution in [2.24, 2.45) is 0 Å². The quantitative estimate of drug-likeness (QED) is 0.558. The molecule has 0 fully saturated rings. The molecule has 0 saturated heterocycles. The van der Waals surface area contributed by atoms with E-state index < -0.39 is 0 Å². The molecule has 0 spiro atoms. The van der Waals surface area contributed by atoms with Crippen molar-refractivity contribution in [3.8, 4) is 12.3 Å². The number of hydrogen-bond donors (Lipinski definition) is 2. The van der Waals surface area contributed by atoms with Crippen LogP contribution in [0.5, 0.6) is 0 Å². The van der Waals surface area contributed by atoms with Gasteiger partial charge in [-0.15, -0.1) is 6.42 Å². The van der Waals surface area contributed by atoms with E-state index in [9.17, 15) is 0 Å². The minimum absolute atomic E-state index is 0.567. The molecular formula is C11H11N3. The average molecular weight is 185 g/mol. The summed E-state index contributed by atoms with van der Waals surface area (Å²) in [4.78, 5) is 7.61. The van der Waals surface area contributed by atoms with Crippen molar-refractivity contribution >= 4 is 11.0 Å². The van der Waals surface area contributed by atoms with Gasteiger partial charge < -0.3 is 4.98 Å². The van der Waals surface area contributed by atoms with Crippen LogP contribution in [-0.4, -0.2) is 16.5 Å². The van der Waals surface area contributed by atoms with E-state index in [-0.39, 0.29) is 0 Å². The highest BCUT2D eigenvalue weighted by Gasteiger charge is 1.99. The number of hydrogen-bond acceptors (Lipinski definition) is 2. The van der Waals surface area contributed by atoms with E-state index in [1.54, 1.807) is 0 Å². The zero-order valence-electron chi connectivity index (χ0n) is 7.75. The van der Waals surface area contributed by atoms with Gasteiger partial charge in [0.2, 0.25) is 0 Å². The molecule has 2 rings (SSSR count). The number of benzene rings is 1. The first-order valence-corrected chi connectivity index (χ1v) is 4.48. The summed E-state index contributed by atoms with van der Waals surface area (Å²) in [7, 11) is 0. The van der Waals surface area contributed by atoms with E-state index in [2.05, 4.69) is 21.2 Å². The lowest BCUT2D eigenvalue weighted by Crippen LogP contribution is -2.13. The summed E-state index contributed by atoms with van der Waals surface area (Å²) in [5.74, 6) is 3.44. The van der Waals surface area contributed by atoms with E-state index >= 15 is 0 Å². The summed E-state index contributed by atoms with van der Waals surface area (Å²) in [6, 6.07) is 7.95. The lowest BCUT2D eigenvalue weighted by atomic mass is 10.3. The maximum atomic E-state index is 5.12. The number of rotatable bonds is 3. The topological polar surface area (TPSA) is 40.7 Å². The van der Waals surface area contributed by atoms with Crippen molar-refractivity contribution in [1.29, 1.82) is 0 Å². The molecule has 3 nitrogen and oxygen atoms in total. The predicted molar refractivity (Wildman–Crippen MR) is 56.6 cm³/mol. The zero-order chi connectivity index (χ0) is 9.80. The summed E-state index contributed by atoms with van der Waals surface area (Å²) in [6.07, 6.45) is 5.12. The molecule has 3 heteroatoms. The predicted octanol–water partition coefficient (Wildman–Crippen LogP) is 1.29. The Morgan fingerprint density at radius 2 is 2.29 bits per heavy atom. The van der Waals surface area contributed by atoms with Crippen molar-refractivity contribution in [3.05, 3.63) is 30.1 Å². The average Bonchev–Trinajstić information content (AvgIpc) is 2.60. The van der Waals surface area contributed by atoms with Gasteiger partial charge in [-0.05, 0) is 12.1 Å². The second kappa shape index (κ2) is 3.95. The highest BCUT2D eigenvalue weighted by Crippen LogP contribution is 2.09. The molecule has 1 aromatic carbocycles. The number of aromatic amines is 1. The first-order chi connectivity index (χ1) is 6.90. The van der Waals surface area contributed by atoms with E-state index in [1.165, 1.54) is 0 Å². The monoisotopic (exact) mass is 185 g/mol. The van der Waals surface area contributed by atoms with Gasteiger partial charge in [-0.3, -0.25) is 5.32 Å². The standard InChI is InChI=1S/C11H11N3/c1-2-7-12-8-11-13-9-5-3-4-6-10(9)14-11/h1,3-6,12H,7-8H2,(H,13,14). The molecule has 0 radical (unpaired) electrons. The molecule has 2 aromatic rings. The molecule has 70 valence electrons. The Labute approximate surface area is 82.6 Å². The van der Waals surface area contributed by atoms with Crippen molar-refractivity contribution in [2.75, 3.05) is 6.54 Å². The fraction of sp³-hybridized carbons (Fsp3) is 0.182. The third kappa shape index (κ3) is 1.76. The van der Waals surface area contributed by atoms with Gasteiger partial charge in [0.05, 0.1) is 24.1 Å². The third-order valence-electron chi connectivity index (χ3n) is 1.96. The molecule has 0 bridgehead atoms. The van der Waals surface area contributed by atoms with Crippen LogP contribution in [-0.2, 0) is 6.54 Å². The van der Waals surface area contributed by atoms with Crippen LogP contribution < -0.4 is 5.32 Å². The van der Waals surface area contributed by atoms with Crippen molar-refractivity contribution in [1.82, 2.24) is 15.3 Å². The Balaban J connectivity index is 2.15. The molecule has 0 aliphatic heterocycles. The summed E-state index contributed by atoms with van der Waals surface area (Å²) < 4.78 is 0. The number of terminal acetylenes is 1. The molecule has 0 saturated carbocycles. The van der Waals surface area contributed by atoms with Crippen molar-refractivity contribution in [2.45, 2.75) is 6.54 Å². The molecule has 0 amide bonds. The first kappa shape index (κ1) is 8.79. The normalized spacial score (nSPS) is 10.2. The lowest BCUT2D eigenvalue weighted by Gasteiger charge is -1.94. The Bertz CT molecular complexity index is 432. The van der Waals surface area contributed by atoms with Crippen LogP contribution in [0.15, 0.2) is 24.3 Å². The van der Waals surface area contributed by atoms with Crippen LogP contribution in [0, 0.1) is 12.3 Å². The highest BCUT2D eigenvalue weighted by atomic mass is 15.0. The fourth-order valence-electron chi connectivity index (χ4n) is 1.34. The number of fused-ring (bicyclic) bond motifs is 1. The minimum atomic E-state index is 0.567. The number of H-pyrrole nitrogens is 1. The van der Waals surface area contributed by atoms with Gasteiger partial charge >= 0.3 is 0 Å². The molecule has 0 atom stereocenters. The minimum Gasteiger partial charge on any atom is -0.341 e. The smallest absolute Gasteiger partial charge is 0.121 e. The largest absolute Gasteiger partial charge is 0.341 e. The SMILES string of the molecule is C#CCNCc1nc2ccccc2[nH]1. The number of imidazole rings is 1. The Morgan fingerprint density at radius 3 is 3.07 bits per heavy atom. The van der Waals surface area contributed by atoms with Crippen LogP contribution in [0.3, 0.4) is 0 Å². The Hall–Kier alpha value is -1.79. The van der Waals surface area contributed by atoms with Gasteiger partial charge in [0, 0.05) is 0 Å². The molecule has 2 N–H and O–H groups in total. The Kier molecular flexibility index (Phi) is 2.48. The van der Waals surface area contributed by atoms with Gasteiger partial charge in [-0.25, -0.2) is 4.98 Å². The first-order valence-electron chi connectivity index (χ1n) is 4.48. The molecule has 0 aliphatic rings. The van der Waals surface area contributed by atoms with E-state index in [0.717, 1.165) is 16.9 Å². The van der Waals surface area contributed by atoms with Gasteiger partial charge in [-0.1, -0.05) is 18.1 Å². The maximum Gasteiger partial charge on any atom is 0.121 e. The van der Waals surface area contributed by atoms with Gasteiger partial charge in [-0.2, -0.15) is 0 Å². The van der Waals surface area contributed by atoms with Crippen molar-refractivity contribution in [3.63, 3.8) is 0 Å². The van der Waals surface area contributed by atoms with Crippen LogP contribution in [0.4, 0.5) is 0 Å². The zero-order valence-corrected chi connectivity index (χ0v) is 7.75. The number of nitrogens with zero attached hydrogens (tertiary/aromatic N) is 1. The van der Waals surface area contributed by atoms with E-state index in [4.69, 9.17) is 6.42 Å². The lowest BCUT2D eigenvalue weighted by molar-refractivity contribution is 0.736. The van der Waals surface area contributed by atoms with E-state index in [0.29, 0.717) is 13.1 Å². The van der Waals surface area contributed by atoms with Gasteiger partial charge in [0.1, 0.15) is 5.82 Å². The maximum absolute atomic E-state index is 5.12. The molecule has 14 heavy (non-hydrogen) atoms. The van der Waals surface area contributed by atoms with Gasteiger partial charge in [0.25, 0.3) is 0 Å². The van der Waals surface area contributed by atoms with Crippen LogP contribution >= 0.6 is 0 Å². The van der Waals surface area contributed by atoms with Crippen molar-refractivity contribution < 1.29 is 0 Å². The molecule has 1 heterocycles. The van der Waals surface area contributed by atoms with Crippen LogP contribution in [0.1, 0.15) is 5.82 Å². The van der Waals surface area contributed by atoms with Crippen LogP contribution in [0.2, 0.25) is 0 Å². The molecule has 0 aliphatic carbocycles. The molecule has 0 unspecified atom stereocenters. The highest BCUT2D eigenvalue weighted by molar-refractivity contribution is 5.74. The van der Waals surface area contributed by atoms with E-state index in [1.807, 2.05) is 24.3 Å². The number of aromatic nitrogens is 2. The van der Waals surface area contributed by atoms with Gasteiger partial charge in [0.15, 0.2) is 0 Å². The number of para-hydroxylation sites is 2. The number of nitrogens with one attached hydrogen (secondary N) is 2. The summed E-state index contributed by atoms with van der Waals surface area (Å²) in [5, 5.41) is 3.08.